The molecule has 4 aromatic rings. The van der Waals surface area contributed by atoms with Crippen molar-refractivity contribution in [3.05, 3.63) is 116 Å². The van der Waals surface area contributed by atoms with Crippen molar-refractivity contribution in [3.8, 4) is 5.69 Å². The Labute approximate surface area is 231 Å². The number of hydrogen-bond acceptors (Lipinski definition) is 2. The van der Waals surface area contributed by atoms with Crippen LogP contribution in [0.3, 0.4) is 0 Å². The van der Waals surface area contributed by atoms with E-state index in [1.165, 1.54) is 0 Å². The highest BCUT2D eigenvalue weighted by molar-refractivity contribution is 6.35. The molecule has 1 heterocycles. The van der Waals surface area contributed by atoms with E-state index >= 15 is 0 Å². The molecule has 0 saturated heterocycles. The maximum atomic E-state index is 13.6. The number of aromatic nitrogens is 2. The number of hydrogen-bond donors (Lipinski definition) is 1. The van der Waals surface area contributed by atoms with E-state index in [0.29, 0.717) is 26.4 Å². The lowest BCUT2D eigenvalue weighted by Gasteiger charge is -2.14. The molecule has 1 aliphatic carbocycles. The van der Waals surface area contributed by atoms with Crippen LogP contribution >= 0.6 is 34.8 Å². The average Bonchev–Trinajstić information content (AvgIpc) is 3.14. The minimum atomic E-state index is -0.204. The molecule has 0 saturated carbocycles. The van der Waals surface area contributed by atoms with Gasteiger partial charge < -0.3 is 5.32 Å². The second-order valence-electron chi connectivity index (χ2n) is 9.22. The smallest absolute Gasteiger partial charge is 0.272 e. The third-order valence-corrected chi connectivity index (χ3v) is 7.41. The SMILES string of the molecule is C[C@@H](NC(=O)c1nn(-c2ccc(Cl)cc2Cl)c2c1CCCCC2=Cc1ccc(Cl)cc1)c1ccccc1. The van der Waals surface area contributed by atoms with Crippen LogP contribution in [-0.4, -0.2) is 15.7 Å². The standard InChI is InChI=1S/C30H26Cl3N3O/c1-19(21-7-3-2-4-8-21)34-30(37)28-25-10-6-5-9-22(17-20-11-13-23(31)14-12-20)29(25)36(35-28)27-16-15-24(32)18-26(27)33/h2-4,7-8,11-19H,5-6,9-10H2,1H3,(H,34,37)/t19-/m1/s1. The van der Waals surface area contributed by atoms with Gasteiger partial charge in [0.25, 0.3) is 5.91 Å². The van der Waals surface area contributed by atoms with Crippen molar-refractivity contribution in [3.63, 3.8) is 0 Å². The predicted molar refractivity (Wildman–Crippen MR) is 153 cm³/mol. The first-order valence-corrected chi connectivity index (χ1v) is 13.4. The number of allylic oxidation sites excluding steroid dienone is 1. The van der Waals surface area contributed by atoms with Crippen LogP contribution in [0.5, 0.6) is 0 Å². The van der Waals surface area contributed by atoms with Gasteiger partial charge in [-0.3, -0.25) is 4.79 Å². The highest BCUT2D eigenvalue weighted by Crippen LogP contribution is 2.37. The largest absolute Gasteiger partial charge is 0.344 e. The van der Waals surface area contributed by atoms with Crippen molar-refractivity contribution in [1.29, 1.82) is 0 Å². The first-order valence-electron chi connectivity index (χ1n) is 12.3. The maximum Gasteiger partial charge on any atom is 0.272 e. The lowest BCUT2D eigenvalue weighted by molar-refractivity contribution is 0.0933. The minimum Gasteiger partial charge on any atom is -0.344 e. The molecule has 1 aromatic heterocycles. The number of rotatable bonds is 5. The van der Waals surface area contributed by atoms with E-state index < -0.39 is 0 Å². The molecule has 1 atom stereocenters. The van der Waals surface area contributed by atoms with Gasteiger partial charge in [-0.25, -0.2) is 4.68 Å². The molecule has 188 valence electrons. The Balaban J connectivity index is 1.64. The van der Waals surface area contributed by atoms with E-state index in [1.54, 1.807) is 12.1 Å². The second kappa shape index (κ2) is 11.1. The number of benzene rings is 3. The van der Waals surface area contributed by atoms with Crippen LogP contribution in [0.15, 0.2) is 72.8 Å². The fraction of sp³-hybridized carbons (Fsp3) is 0.200. The van der Waals surface area contributed by atoms with Crippen LogP contribution in [0.2, 0.25) is 15.1 Å². The Hall–Kier alpha value is -3.05. The summed E-state index contributed by atoms with van der Waals surface area (Å²) in [4.78, 5) is 13.6. The summed E-state index contributed by atoms with van der Waals surface area (Å²) in [5, 5.41) is 9.70. The monoisotopic (exact) mass is 549 g/mol. The molecule has 7 heteroatoms. The highest BCUT2D eigenvalue weighted by atomic mass is 35.5. The molecule has 1 aliphatic rings. The number of nitrogens with zero attached hydrogens (tertiary/aromatic N) is 2. The molecule has 0 bridgehead atoms. The molecule has 5 rings (SSSR count). The quantitative estimate of drug-likeness (QED) is 0.253. The van der Waals surface area contributed by atoms with Crippen molar-refractivity contribution in [2.24, 2.45) is 0 Å². The van der Waals surface area contributed by atoms with Gasteiger partial charge in [-0.15, -0.1) is 0 Å². The van der Waals surface area contributed by atoms with Crippen molar-refractivity contribution in [2.75, 3.05) is 0 Å². The number of carbonyl (C=O) groups excluding carboxylic acids is 1. The third kappa shape index (κ3) is 5.62. The van der Waals surface area contributed by atoms with E-state index in [9.17, 15) is 4.79 Å². The maximum absolute atomic E-state index is 13.6. The molecule has 1 amide bonds. The molecule has 0 radical (unpaired) electrons. The van der Waals surface area contributed by atoms with Crippen LogP contribution in [0, 0.1) is 0 Å². The number of amides is 1. The van der Waals surface area contributed by atoms with Crippen LogP contribution < -0.4 is 5.32 Å². The van der Waals surface area contributed by atoms with Gasteiger partial charge in [0, 0.05) is 15.6 Å². The average molecular weight is 551 g/mol. The summed E-state index contributed by atoms with van der Waals surface area (Å²) in [5.41, 5.74) is 6.12. The third-order valence-electron chi connectivity index (χ3n) is 6.62. The molecular formula is C30H26Cl3N3O. The first kappa shape index (κ1) is 25.6. The van der Waals surface area contributed by atoms with Gasteiger partial charge >= 0.3 is 0 Å². The van der Waals surface area contributed by atoms with Gasteiger partial charge in [-0.2, -0.15) is 5.10 Å². The summed E-state index contributed by atoms with van der Waals surface area (Å²) in [6, 6.07) is 22.8. The minimum absolute atomic E-state index is 0.163. The zero-order valence-corrected chi connectivity index (χ0v) is 22.6. The number of fused-ring (bicyclic) bond motifs is 1. The van der Waals surface area contributed by atoms with Gasteiger partial charge in [-0.1, -0.05) is 77.3 Å². The van der Waals surface area contributed by atoms with E-state index in [2.05, 4.69) is 11.4 Å². The summed E-state index contributed by atoms with van der Waals surface area (Å²) in [6.45, 7) is 1.98. The van der Waals surface area contributed by atoms with Gasteiger partial charge in [0.2, 0.25) is 0 Å². The van der Waals surface area contributed by atoms with Crippen molar-refractivity contribution in [1.82, 2.24) is 15.1 Å². The zero-order valence-electron chi connectivity index (χ0n) is 20.3. The number of halogens is 3. The Morgan fingerprint density at radius 1 is 0.946 bits per heavy atom. The topological polar surface area (TPSA) is 46.9 Å². The lowest BCUT2D eigenvalue weighted by Crippen LogP contribution is -2.28. The van der Waals surface area contributed by atoms with Crippen LogP contribution in [0.4, 0.5) is 0 Å². The molecule has 0 aliphatic heterocycles. The van der Waals surface area contributed by atoms with Crippen molar-refractivity contribution >= 4 is 52.4 Å². The predicted octanol–water partition coefficient (Wildman–Crippen LogP) is 8.59. The Kier molecular flexibility index (Phi) is 7.71. The van der Waals surface area contributed by atoms with E-state index in [4.69, 9.17) is 39.9 Å². The molecule has 37 heavy (non-hydrogen) atoms. The Bertz CT molecular complexity index is 1460. The second-order valence-corrected chi connectivity index (χ2v) is 10.5. The van der Waals surface area contributed by atoms with Crippen LogP contribution in [-0.2, 0) is 6.42 Å². The van der Waals surface area contributed by atoms with Gasteiger partial charge in [0.1, 0.15) is 0 Å². The fourth-order valence-corrected chi connectivity index (χ4v) is 5.37. The van der Waals surface area contributed by atoms with Gasteiger partial charge in [0.05, 0.1) is 22.4 Å². The molecule has 0 fully saturated rings. The fourth-order valence-electron chi connectivity index (χ4n) is 4.75. The molecule has 1 N–H and O–H groups in total. The normalized spacial score (nSPS) is 15.2. The van der Waals surface area contributed by atoms with E-state index in [0.717, 1.165) is 53.6 Å². The van der Waals surface area contributed by atoms with Crippen molar-refractivity contribution in [2.45, 2.75) is 38.6 Å². The van der Waals surface area contributed by atoms with Crippen LogP contribution in [0.25, 0.3) is 17.3 Å². The Morgan fingerprint density at radius 3 is 2.38 bits per heavy atom. The number of carbonyl (C=O) groups is 1. The summed E-state index contributed by atoms with van der Waals surface area (Å²) < 4.78 is 1.81. The summed E-state index contributed by atoms with van der Waals surface area (Å²) in [5.74, 6) is -0.204. The van der Waals surface area contributed by atoms with Crippen LogP contribution in [0.1, 0.15) is 65.1 Å². The first-order chi connectivity index (χ1) is 17.9. The lowest BCUT2D eigenvalue weighted by atomic mass is 10.0. The number of nitrogens with one attached hydrogen (secondary N) is 1. The molecule has 0 unspecified atom stereocenters. The van der Waals surface area contributed by atoms with E-state index in [-0.39, 0.29) is 11.9 Å². The highest BCUT2D eigenvalue weighted by Gasteiger charge is 2.28. The molecule has 3 aromatic carbocycles. The summed E-state index contributed by atoms with van der Waals surface area (Å²) in [7, 11) is 0. The summed E-state index contributed by atoms with van der Waals surface area (Å²) >= 11 is 19.0. The van der Waals surface area contributed by atoms with Crippen molar-refractivity contribution < 1.29 is 4.79 Å². The summed E-state index contributed by atoms with van der Waals surface area (Å²) in [6.07, 6.45) is 5.72. The Morgan fingerprint density at radius 2 is 1.65 bits per heavy atom. The molecule has 0 spiro atoms. The van der Waals surface area contributed by atoms with E-state index in [1.807, 2.05) is 72.3 Å². The zero-order chi connectivity index (χ0) is 25.9. The van der Waals surface area contributed by atoms with Gasteiger partial charge in [0.15, 0.2) is 5.69 Å². The molecular weight excluding hydrogens is 525 g/mol. The van der Waals surface area contributed by atoms with Gasteiger partial charge in [-0.05, 0) is 85.7 Å². The molecule has 4 nitrogen and oxygen atoms in total.